The van der Waals surface area contributed by atoms with Crippen LogP contribution in [0.3, 0.4) is 0 Å². The van der Waals surface area contributed by atoms with Crippen LogP contribution in [0.2, 0.25) is 0 Å². The summed E-state index contributed by atoms with van der Waals surface area (Å²) in [6.07, 6.45) is -3.08. The van der Waals surface area contributed by atoms with E-state index in [1.807, 2.05) is 11.5 Å². The predicted octanol–water partition coefficient (Wildman–Crippen LogP) is 4.50. The molecule has 0 aliphatic heterocycles. The van der Waals surface area contributed by atoms with E-state index in [0.29, 0.717) is 22.1 Å². The number of pyridine rings is 1. The van der Waals surface area contributed by atoms with Crippen LogP contribution in [0.1, 0.15) is 5.56 Å². The zero-order valence-corrected chi connectivity index (χ0v) is 15.9. The highest BCUT2D eigenvalue weighted by atomic mass is 19.4. The average molecular weight is 417 g/mol. The summed E-state index contributed by atoms with van der Waals surface area (Å²) in [7, 11) is 0. The van der Waals surface area contributed by atoms with Crippen LogP contribution in [0.15, 0.2) is 48.7 Å². The molecular formula is C21H18F3N3O3. The molecule has 0 saturated heterocycles. The second-order valence-electron chi connectivity index (χ2n) is 6.73. The van der Waals surface area contributed by atoms with E-state index in [-0.39, 0.29) is 24.4 Å². The summed E-state index contributed by atoms with van der Waals surface area (Å²) in [5, 5.41) is 23.0. The lowest BCUT2D eigenvalue weighted by Crippen LogP contribution is -2.17. The van der Waals surface area contributed by atoms with E-state index in [4.69, 9.17) is 0 Å². The van der Waals surface area contributed by atoms with Crippen molar-refractivity contribution in [3.63, 3.8) is 0 Å². The Morgan fingerprint density at radius 1 is 1.13 bits per heavy atom. The molecule has 2 heterocycles. The first kappa shape index (κ1) is 19.8. The van der Waals surface area contributed by atoms with Gasteiger partial charge < -0.3 is 24.8 Å². The molecule has 30 heavy (non-hydrogen) atoms. The molecule has 0 unspecified atom stereocenters. The molecule has 4 rings (SSSR count). The standard InChI is InChI=1S/C21H18F3N3O3/c1-12-11-13(29)5-6-16(12)27-9-7-15-19(27)14-3-2-4-17(30-21(22,23)24)18(14)26-20(15)25-8-10-28/h2-7,9,11,28-29H,8,10H2,1H3,(H,25,26). The molecule has 156 valence electrons. The van der Waals surface area contributed by atoms with Crippen LogP contribution in [0.25, 0.3) is 27.5 Å². The van der Waals surface area contributed by atoms with E-state index in [0.717, 1.165) is 11.3 Å². The largest absolute Gasteiger partial charge is 0.573 e. The molecule has 0 atom stereocenters. The van der Waals surface area contributed by atoms with Gasteiger partial charge in [-0.25, -0.2) is 4.98 Å². The minimum absolute atomic E-state index is 0.0409. The third kappa shape index (κ3) is 3.59. The summed E-state index contributed by atoms with van der Waals surface area (Å²) in [6, 6.07) is 11.0. The predicted molar refractivity (Wildman–Crippen MR) is 107 cm³/mol. The first-order valence-electron chi connectivity index (χ1n) is 9.13. The highest BCUT2D eigenvalue weighted by molar-refractivity contribution is 6.10. The summed E-state index contributed by atoms with van der Waals surface area (Å²) < 4.78 is 44.8. The van der Waals surface area contributed by atoms with E-state index in [9.17, 15) is 23.4 Å². The zero-order chi connectivity index (χ0) is 21.5. The summed E-state index contributed by atoms with van der Waals surface area (Å²) in [4.78, 5) is 4.37. The summed E-state index contributed by atoms with van der Waals surface area (Å²) in [6.45, 7) is 1.84. The number of rotatable bonds is 5. The molecule has 6 nitrogen and oxygen atoms in total. The molecule has 0 saturated carbocycles. The lowest BCUT2D eigenvalue weighted by molar-refractivity contribution is -0.274. The van der Waals surface area contributed by atoms with Crippen molar-refractivity contribution in [3.8, 4) is 17.2 Å². The van der Waals surface area contributed by atoms with Crippen molar-refractivity contribution in [1.29, 1.82) is 0 Å². The lowest BCUT2D eigenvalue weighted by Gasteiger charge is -2.16. The molecule has 0 bridgehead atoms. The van der Waals surface area contributed by atoms with Gasteiger partial charge in [0.05, 0.1) is 12.1 Å². The van der Waals surface area contributed by atoms with Crippen molar-refractivity contribution in [2.75, 3.05) is 18.5 Å². The number of halogens is 3. The Balaban J connectivity index is 2.05. The molecule has 0 aliphatic carbocycles. The van der Waals surface area contributed by atoms with Gasteiger partial charge in [-0.15, -0.1) is 13.2 Å². The van der Waals surface area contributed by atoms with Gasteiger partial charge in [0.1, 0.15) is 17.1 Å². The van der Waals surface area contributed by atoms with Crippen LogP contribution < -0.4 is 10.1 Å². The number of hydrogen-bond donors (Lipinski definition) is 3. The second-order valence-corrected chi connectivity index (χ2v) is 6.73. The van der Waals surface area contributed by atoms with Crippen molar-refractivity contribution in [2.45, 2.75) is 13.3 Å². The van der Waals surface area contributed by atoms with Crippen molar-refractivity contribution in [2.24, 2.45) is 0 Å². The fourth-order valence-electron chi connectivity index (χ4n) is 3.53. The number of aliphatic hydroxyl groups excluding tert-OH is 1. The number of aryl methyl sites for hydroxylation is 1. The molecule has 0 fully saturated rings. The molecule has 0 radical (unpaired) electrons. The van der Waals surface area contributed by atoms with Crippen LogP contribution in [0.4, 0.5) is 19.0 Å². The van der Waals surface area contributed by atoms with E-state index in [1.54, 1.807) is 36.5 Å². The molecule has 0 aliphatic rings. The average Bonchev–Trinajstić information content (AvgIpc) is 3.11. The summed E-state index contributed by atoms with van der Waals surface area (Å²) in [5.41, 5.74) is 2.21. The number of hydrogen-bond acceptors (Lipinski definition) is 5. The first-order chi connectivity index (χ1) is 14.3. The molecular weight excluding hydrogens is 399 g/mol. The monoisotopic (exact) mass is 417 g/mol. The Hall–Kier alpha value is -3.46. The Morgan fingerprint density at radius 3 is 2.63 bits per heavy atom. The fraction of sp³-hybridized carbons (Fsp3) is 0.190. The van der Waals surface area contributed by atoms with Crippen LogP contribution in [-0.4, -0.2) is 39.3 Å². The van der Waals surface area contributed by atoms with Crippen LogP contribution in [-0.2, 0) is 0 Å². The number of phenolic OH excluding ortho intramolecular Hbond substituents is 1. The van der Waals surface area contributed by atoms with Gasteiger partial charge in [-0.2, -0.15) is 0 Å². The van der Waals surface area contributed by atoms with Gasteiger partial charge in [-0.3, -0.25) is 0 Å². The minimum atomic E-state index is -4.86. The van der Waals surface area contributed by atoms with Gasteiger partial charge in [-0.05, 0) is 42.8 Å². The number of nitrogens with one attached hydrogen (secondary N) is 1. The van der Waals surface area contributed by atoms with Crippen molar-refractivity contribution in [3.05, 3.63) is 54.2 Å². The van der Waals surface area contributed by atoms with Gasteiger partial charge in [0.15, 0.2) is 5.75 Å². The number of fused-ring (bicyclic) bond motifs is 3. The number of aromatic nitrogens is 2. The van der Waals surface area contributed by atoms with Crippen molar-refractivity contribution >= 4 is 27.6 Å². The molecule has 4 aromatic rings. The molecule has 9 heteroatoms. The lowest BCUT2D eigenvalue weighted by atomic mass is 10.1. The minimum Gasteiger partial charge on any atom is -0.508 e. The van der Waals surface area contributed by atoms with Crippen LogP contribution in [0, 0.1) is 6.92 Å². The molecule has 2 aromatic heterocycles. The smallest absolute Gasteiger partial charge is 0.508 e. The fourth-order valence-corrected chi connectivity index (χ4v) is 3.53. The third-order valence-electron chi connectivity index (χ3n) is 4.69. The SMILES string of the molecule is Cc1cc(O)ccc1-n1ccc2c(NCCO)nc3c(OC(F)(F)F)cccc3c21. The third-order valence-corrected chi connectivity index (χ3v) is 4.69. The maximum Gasteiger partial charge on any atom is 0.573 e. The Bertz CT molecular complexity index is 1240. The number of aliphatic hydroxyl groups is 1. The number of phenols is 1. The van der Waals surface area contributed by atoms with Gasteiger partial charge >= 0.3 is 6.36 Å². The number of benzene rings is 2. The first-order valence-corrected chi connectivity index (χ1v) is 9.13. The Kier molecular flexibility index (Phi) is 4.90. The van der Waals surface area contributed by atoms with E-state index < -0.39 is 12.1 Å². The number of nitrogens with zero attached hydrogens (tertiary/aromatic N) is 2. The number of ether oxygens (including phenoxy) is 1. The van der Waals surface area contributed by atoms with Gasteiger partial charge in [0, 0.05) is 29.2 Å². The molecule has 0 spiro atoms. The Labute approximate surface area is 169 Å². The second kappa shape index (κ2) is 7.42. The highest BCUT2D eigenvalue weighted by Crippen LogP contribution is 2.38. The maximum absolute atomic E-state index is 12.9. The van der Waals surface area contributed by atoms with Crippen LogP contribution >= 0.6 is 0 Å². The normalized spacial score (nSPS) is 11.9. The van der Waals surface area contributed by atoms with E-state index in [2.05, 4.69) is 15.0 Å². The number of aromatic hydroxyl groups is 1. The number of alkyl halides is 3. The maximum atomic E-state index is 12.9. The summed E-state index contributed by atoms with van der Waals surface area (Å²) >= 11 is 0. The zero-order valence-electron chi connectivity index (χ0n) is 15.9. The van der Waals surface area contributed by atoms with Gasteiger partial charge in [-0.1, -0.05) is 12.1 Å². The topological polar surface area (TPSA) is 79.5 Å². The number of anilines is 1. The van der Waals surface area contributed by atoms with Crippen molar-refractivity contribution in [1.82, 2.24) is 9.55 Å². The van der Waals surface area contributed by atoms with E-state index >= 15 is 0 Å². The van der Waals surface area contributed by atoms with Gasteiger partial charge in [0.2, 0.25) is 0 Å². The number of para-hydroxylation sites is 1. The quantitative estimate of drug-likeness (QED) is 0.446. The van der Waals surface area contributed by atoms with Crippen LogP contribution in [0.5, 0.6) is 11.5 Å². The molecule has 0 amide bonds. The Morgan fingerprint density at radius 2 is 1.93 bits per heavy atom. The summed E-state index contributed by atoms with van der Waals surface area (Å²) in [5.74, 6) is 0.0366. The van der Waals surface area contributed by atoms with E-state index in [1.165, 1.54) is 12.1 Å². The molecule has 2 aromatic carbocycles. The van der Waals surface area contributed by atoms with Crippen molar-refractivity contribution < 1.29 is 28.1 Å². The highest BCUT2D eigenvalue weighted by Gasteiger charge is 2.32. The molecule has 3 N–H and O–H groups in total. The van der Waals surface area contributed by atoms with Gasteiger partial charge in [0.25, 0.3) is 0 Å².